The smallest absolute Gasteiger partial charge is 0.327 e. The molecule has 1 N–H and O–H groups in total. The number of amides is 1. The maximum absolute atomic E-state index is 13.2. The van der Waals surface area contributed by atoms with Crippen LogP contribution in [0.25, 0.3) is 10.7 Å². The third kappa shape index (κ3) is 4.12. The molecule has 0 spiro atoms. The normalized spacial score (nSPS) is 15.2. The number of para-hydroxylation sites is 1. The number of benzene rings is 1. The average Bonchev–Trinajstić information content (AvgIpc) is 3.47. The number of aliphatic carboxylic acids is 1. The van der Waals surface area contributed by atoms with Gasteiger partial charge in [-0.05, 0) is 42.3 Å². The highest BCUT2D eigenvalue weighted by Gasteiger charge is 2.33. The van der Waals surface area contributed by atoms with Crippen molar-refractivity contribution < 1.29 is 14.7 Å². The van der Waals surface area contributed by atoms with Crippen LogP contribution in [0, 0.1) is 5.92 Å². The molecule has 162 valence electrons. The summed E-state index contributed by atoms with van der Waals surface area (Å²) in [5.74, 6) is -0.617. The quantitative estimate of drug-likeness (QED) is 0.532. The first-order valence-electron chi connectivity index (χ1n) is 10.2. The number of thiophene rings is 1. The molecule has 31 heavy (non-hydrogen) atoms. The Bertz CT molecular complexity index is 1090. The molecule has 3 aromatic rings. The number of hydrogen-bond acceptors (Lipinski definition) is 6. The van der Waals surface area contributed by atoms with Gasteiger partial charge in [-0.2, -0.15) is 0 Å². The van der Waals surface area contributed by atoms with Crippen molar-refractivity contribution in [3.8, 4) is 10.7 Å². The minimum atomic E-state index is -0.943. The fourth-order valence-corrected chi connectivity index (χ4v) is 5.52. The Morgan fingerprint density at radius 3 is 2.58 bits per heavy atom. The largest absolute Gasteiger partial charge is 0.480 e. The Hall–Kier alpha value is -2.65. The fraction of sp³-hybridized carbons (Fsp3) is 0.364. The number of aromatic nitrogens is 3. The van der Waals surface area contributed by atoms with Crippen LogP contribution in [0.4, 0.5) is 5.69 Å². The topological polar surface area (TPSA) is 88.3 Å². The molecule has 1 aliphatic rings. The van der Waals surface area contributed by atoms with Crippen LogP contribution in [0.2, 0.25) is 0 Å². The number of carboxylic acid groups (broad SMARTS) is 1. The number of rotatable bonds is 7. The van der Waals surface area contributed by atoms with Gasteiger partial charge in [-0.15, -0.1) is 21.5 Å². The first-order chi connectivity index (χ1) is 14.9. The molecule has 9 heteroatoms. The number of carbonyl (C=O) groups is 2. The molecule has 4 rings (SSSR count). The molecule has 7 nitrogen and oxygen atoms in total. The van der Waals surface area contributed by atoms with E-state index in [-0.39, 0.29) is 11.8 Å². The summed E-state index contributed by atoms with van der Waals surface area (Å²) < 4.78 is 1.67. The maximum atomic E-state index is 13.2. The molecule has 0 fully saturated rings. The molecule has 1 amide bonds. The third-order valence-corrected chi connectivity index (χ3v) is 7.26. The van der Waals surface area contributed by atoms with Crippen molar-refractivity contribution in [3.63, 3.8) is 0 Å². The Labute approximate surface area is 189 Å². The lowest BCUT2D eigenvalue weighted by Gasteiger charge is -2.24. The third-order valence-electron chi connectivity index (χ3n) is 5.35. The highest BCUT2D eigenvalue weighted by Crippen LogP contribution is 2.36. The van der Waals surface area contributed by atoms with Crippen molar-refractivity contribution in [1.82, 2.24) is 14.8 Å². The van der Waals surface area contributed by atoms with Crippen LogP contribution >= 0.6 is 23.1 Å². The highest BCUT2D eigenvalue weighted by atomic mass is 32.2. The molecule has 0 bridgehead atoms. The number of carbonyl (C=O) groups excluding carboxylic acids is 1. The molecule has 1 aromatic carbocycles. The van der Waals surface area contributed by atoms with Crippen molar-refractivity contribution in [2.45, 2.75) is 43.6 Å². The summed E-state index contributed by atoms with van der Waals surface area (Å²) >= 11 is 2.74. The van der Waals surface area contributed by atoms with Crippen LogP contribution in [-0.2, 0) is 16.0 Å². The van der Waals surface area contributed by atoms with Gasteiger partial charge in [0.1, 0.15) is 6.04 Å². The zero-order valence-corrected chi connectivity index (χ0v) is 19.2. The van der Waals surface area contributed by atoms with Crippen LogP contribution in [0.5, 0.6) is 0 Å². The first kappa shape index (κ1) is 21.6. The summed E-state index contributed by atoms with van der Waals surface area (Å²) in [6.07, 6.45) is 0.840. The van der Waals surface area contributed by atoms with Crippen LogP contribution in [0.1, 0.15) is 32.4 Å². The molecule has 3 heterocycles. The van der Waals surface area contributed by atoms with E-state index in [1.807, 2.05) is 67.4 Å². The number of hydrogen-bond donors (Lipinski definition) is 1. The lowest BCUT2D eigenvalue weighted by Crippen LogP contribution is -2.35. The van der Waals surface area contributed by atoms with Crippen LogP contribution in [0.3, 0.4) is 0 Å². The number of fused-ring (bicyclic) bond motifs is 1. The van der Waals surface area contributed by atoms with E-state index in [2.05, 4.69) is 10.2 Å². The van der Waals surface area contributed by atoms with Gasteiger partial charge in [0.2, 0.25) is 5.91 Å². The molecular formula is C22H24N4O3S2. The Kier molecular flexibility index (Phi) is 6.15. The summed E-state index contributed by atoms with van der Waals surface area (Å²) in [5.41, 5.74) is 2.12. The monoisotopic (exact) mass is 456 g/mol. The van der Waals surface area contributed by atoms with E-state index in [1.165, 1.54) is 28.7 Å². The van der Waals surface area contributed by atoms with Gasteiger partial charge in [0.05, 0.1) is 10.1 Å². The second kappa shape index (κ2) is 8.84. The summed E-state index contributed by atoms with van der Waals surface area (Å²) in [6, 6.07) is 10.9. The van der Waals surface area contributed by atoms with Gasteiger partial charge in [-0.25, -0.2) is 4.79 Å². The van der Waals surface area contributed by atoms with Crippen molar-refractivity contribution in [2.75, 3.05) is 11.4 Å². The number of thioether (sulfide) groups is 1. The molecule has 0 unspecified atom stereocenters. The predicted octanol–water partition coefficient (Wildman–Crippen LogP) is 4.36. The molecule has 0 saturated heterocycles. The molecule has 0 saturated carbocycles. The van der Waals surface area contributed by atoms with Crippen LogP contribution in [0.15, 0.2) is 46.9 Å². The number of nitrogens with zero attached hydrogens (tertiary/aromatic N) is 4. The zero-order chi connectivity index (χ0) is 22.1. The van der Waals surface area contributed by atoms with Gasteiger partial charge in [0.25, 0.3) is 0 Å². The van der Waals surface area contributed by atoms with Crippen LogP contribution < -0.4 is 4.90 Å². The van der Waals surface area contributed by atoms with E-state index in [0.717, 1.165) is 17.0 Å². The van der Waals surface area contributed by atoms with Crippen molar-refractivity contribution in [3.05, 3.63) is 47.3 Å². The van der Waals surface area contributed by atoms with E-state index < -0.39 is 17.3 Å². The van der Waals surface area contributed by atoms with Crippen LogP contribution in [-0.4, -0.2) is 43.5 Å². The van der Waals surface area contributed by atoms with E-state index in [4.69, 9.17) is 0 Å². The Morgan fingerprint density at radius 1 is 1.13 bits per heavy atom. The zero-order valence-electron chi connectivity index (χ0n) is 17.6. The Morgan fingerprint density at radius 2 is 1.90 bits per heavy atom. The SMILES string of the molecule is CC(C)[C@H](C(=O)O)n1c(S[C@@H](C)C(=O)N2CCc3ccccc32)nnc1-c1cccs1. The molecule has 2 aromatic heterocycles. The fourth-order valence-electron chi connectivity index (χ4n) is 3.87. The standard InChI is InChI=1S/C22H24N4O3S2/c1-13(2)18(21(28)29)26-19(17-9-6-12-30-17)23-24-22(26)31-14(3)20(27)25-11-10-15-7-4-5-8-16(15)25/h4-9,12-14,18H,10-11H2,1-3H3,(H,28,29)/t14-,18+/m0/s1. The summed E-state index contributed by atoms with van der Waals surface area (Å²) in [7, 11) is 0. The lowest BCUT2D eigenvalue weighted by molar-refractivity contribution is -0.142. The second-order valence-electron chi connectivity index (χ2n) is 7.81. The minimum Gasteiger partial charge on any atom is -0.480 e. The van der Waals surface area contributed by atoms with Gasteiger partial charge in [-0.1, -0.05) is 49.9 Å². The minimum absolute atomic E-state index is 0.0152. The van der Waals surface area contributed by atoms with Gasteiger partial charge in [0.15, 0.2) is 11.0 Å². The average molecular weight is 457 g/mol. The van der Waals surface area contributed by atoms with Crippen molar-refractivity contribution in [1.29, 1.82) is 0 Å². The highest BCUT2D eigenvalue weighted by molar-refractivity contribution is 8.00. The molecule has 0 radical (unpaired) electrons. The Balaban J connectivity index is 1.65. The maximum Gasteiger partial charge on any atom is 0.327 e. The summed E-state index contributed by atoms with van der Waals surface area (Å²) in [6.45, 7) is 6.21. The summed E-state index contributed by atoms with van der Waals surface area (Å²) in [4.78, 5) is 28.0. The van der Waals surface area contributed by atoms with Gasteiger partial charge < -0.3 is 10.0 Å². The first-order valence-corrected chi connectivity index (χ1v) is 11.9. The summed E-state index contributed by atoms with van der Waals surface area (Å²) in [5, 5.41) is 20.5. The number of anilines is 1. The van der Waals surface area contributed by atoms with E-state index >= 15 is 0 Å². The lowest BCUT2D eigenvalue weighted by atomic mass is 10.0. The molecular weight excluding hydrogens is 432 g/mol. The van der Waals surface area contributed by atoms with Gasteiger partial charge in [-0.3, -0.25) is 9.36 Å². The van der Waals surface area contributed by atoms with Gasteiger partial charge >= 0.3 is 5.97 Å². The number of carboxylic acids is 1. The molecule has 0 aliphatic carbocycles. The van der Waals surface area contributed by atoms with E-state index in [9.17, 15) is 14.7 Å². The molecule has 1 aliphatic heterocycles. The predicted molar refractivity (Wildman–Crippen MR) is 123 cm³/mol. The van der Waals surface area contributed by atoms with E-state index in [0.29, 0.717) is 17.5 Å². The molecule has 2 atom stereocenters. The van der Waals surface area contributed by atoms with Gasteiger partial charge in [0, 0.05) is 12.2 Å². The van der Waals surface area contributed by atoms with Crippen molar-refractivity contribution in [2.24, 2.45) is 5.92 Å². The van der Waals surface area contributed by atoms with Crippen molar-refractivity contribution >= 4 is 40.7 Å². The van der Waals surface area contributed by atoms with E-state index in [1.54, 1.807) is 4.57 Å². The second-order valence-corrected chi connectivity index (χ2v) is 10.1.